The topological polar surface area (TPSA) is 38.8 Å². The van der Waals surface area contributed by atoms with Crippen LogP contribution in [0.2, 0.25) is 0 Å². The maximum Gasteiger partial charge on any atom is 0.307 e. The fraction of sp³-hybridized carbons (Fsp3) is 0.917. The van der Waals surface area contributed by atoms with Gasteiger partial charge in [-0.15, -0.1) is 0 Å². The fourth-order valence-corrected chi connectivity index (χ4v) is 1.91. The van der Waals surface area contributed by atoms with Gasteiger partial charge in [0.15, 0.2) is 0 Å². The zero-order valence-electron chi connectivity index (χ0n) is 10.4. The van der Waals surface area contributed by atoms with Crippen molar-refractivity contribution < 1.29 is 14.3 Å². The largest absolute Gasteiger partial charge is 0.466 e. The molecule has 4 heteroatoms. The number of hydrogen-bond donors (Lipinski definition) is 0. The van der Waals surface area contributed by atoms with Gasteiger partial charge in [0.2, 0.25) is 0 Å². The average molecular weight is 229 g/mol. The Hall–Kier alpha value is -0.610. The molecule has 1 aliphatic rings. The summed E-state index contributed by atoms with van der Waals surface area (Å²) in [5.74, 6) is -0.112. The van der Waals surface area contributed by atoms with Crippen LogP contribution in [0.5, 0.6) is 0 Å². The minimum absolute atomic E-state index is 0.112. The Morgan fingerprint density at radius 2 is 2.31 bits per heavy atom. The number of carbonyl (C=O) groups is 1. The normalized spacial score (nSPS) is 21.1. The molecule has 1 heterocycles. The Morgan fingerprint density at radius 3 is 2.94 bits per heavy atom. The van der Waals surface area contributed by atoms with Crippen LogP contribution in [0.1, 0.15) is 32.6 Å². The minimum Gasteiger partial charge on any atom is -0.466 e. The Balaban J connectivity index is 2.09. The second-order valence-electron chi connectivity index (χ2n) is 4.31. The maximum atomic E-state index is 11.2. The van der Waals surface area contributed by atoms with Crippen LogP contribution in [-0.2, 0) is 14.3 Å². The third kappa shape index (κ3) is 5.47. The third-order valence-corrected chi connectivity index (χ3v) is 2.79. The van der Waals surface area contributed by atoms with Crippen molar-refractivity contribution in [3.8, 4) is 0 Å². The molecule has 0 N–H and O–H groups in total. The molecule has 0 amide bonds. The first kappa shape index (κ1) is 13.5. The number of likely N-dealkylation sites (N-methyl/N-ethyl adjacent to an activating group) is 1. The van der Waals surface area contributed by atoms with Gasteiger partial charge in [0.1, 0.15) is 0 Å². The summed E-state index contributed by atoms with van der Waals surface area (Å²) in [5.41, 5.74) is 0. The molecule has 1 unspecified atom stereocenters. The average Bonchev–Trinajstić information content (AvgIpc) is 2.28. The van der Waals surface area contributed by atoms with Crippen LogP contribution in [-0.4, -0.2) is 50.3 Å². The van der Waals surface area contributed by atoms with Crippen LogP contribution in [0, 0.1) is 0 Å². The summed E-state index contributed by atoms with van der Waals surface area (Å²) in [6.07, 6.45) is 4.40. The van der Waals surface area contributed by atoms with E-state index in [-0.39, 0.29) is 5.97 Å². The predicted molar refractivity (Wildman–Crippen MR) is 62.3 cm³/mol. The predicted octanol–water partition coefficient (Wildman–Crippen LogP) is 1.44. The van der Waals surface area contributed by atoms with E-state index in [1.165, 1.54) is 12.8 Å². The van der Waals surface area contributed by atoms with Gasteiger partial charge in [-0.1, -0.05) is 0 Å². The highest BCUT2D eigenvalue weighted by Crippen LogP contribution is 2.13. The SMILES string of the molecule is CCOC(=O)CCN(C)CC1CCCCO1. The molecule has 16 heavy (non-hydrogen) atoms. The molecule has 1 atom stereocenters. The fourth-order valence-electron chi connectivity index (χ4n) is 1.91. The molecular formula is C12H23NO3. The van der Waals surface area contributed by atoms with Crippen molar-refractivity contribution in [1.82, 2.24) is 4.90 Å². The molecule has 0 aromatic carbocycles. The van der Waals surface area contributed by atoms with E-state index in [4.69, 9.17) is 9.47 Å². The molecule has 0 radical (unpaired) electrons. The van der Waals surface area contributed by atoms with Crippen LogP contribution in [0.3, 0.4) is 0 Å². The summed E-state index contributed by atoms with van der Waals surface area (Å²) in [6, 6.07) is 0. The molecule has 1 fully saturated rings. The number of carbonyl (C=O) groups excluding carboxylic acids is 1. The summed E-state index contributed by atoms with van der Waals surface area (Å²) >= 11 is 0. The first-order valence-corrected chi connectivity index (χ1v) is 6.18. The van der Waals surface area contributed by atoms with Gasteiger partial charge in [-0.2, -0.15) is 0 Å². The number of hydrogen-bond acceptors (Lipinski definition) is 4. The van der Waals surface area contributed by atoms with Crippen molar-refractivity contribution in [2.45, 2.75) is 38.7 Å². The summed E-state index contributed by atoms with van der Waals surface area (Å²) in [4.78, 5) is 13.3. The van der Waals surface area contributed by atoms with E-state index in [2.05, 4.69) is 4.90 Å². The van der Waals surface area contributed by atoms with Crippen molar-refractivity contribution in [3.05, 3.63) is 0 Å². The summed E-state index contributed by atoms with van der Waals surface area (Å²) in [6.45, 7) is 4.85. The zero-order valence-corrected chi connectivity index (χ0v) is 10.4. The molecule has 4 nitrogen and oxygen atoms in total. The van der Waals surface area contributed by atoms with Gasteiger partial charge < -0.3 is 14.4 Å². The second-order valence-corrected chi connectivity index (χ2v) is 4.31. The van der Waals surface area contributed by atoms with E-state index in [0.29, 0.717) is 19.1 Å². The smallest absolute Gasteiger partial charge is 0.307 e. The van der Waals surface area contributed by atoms with Gasteiger partial charge in [0.25, 0.3) is 0 Å². The summed E-state index contributed by atoms with van der Waals surface area (Å²) in [5, 5.41) is 0. The third-order valence-electron chi connectivity index (χ3n) is 2.79. The molecule has 1 saturated heterocycles. The monoisotopic (exact) mass is 229 g/mol. The molecule has 0 aromatic heterocycles. The summed E-state index contributed by atoms with van der Waals surface area (Å²) < 4.78 is 10.5. The maximum absolute atomic E-state index is 11.2. The van der Waals surface area contributed by atoms with Gasteiger partial charge in [-0.25, -0.2) is 0 Å². The Kier molecular flexibility index (Phi) is 6.42. The van der Waals surface area contributed by atoms with Crippen LogP contribution in [0.15, 0.2) is 0 Å². The van der Waals surface area contributed by atoms with Crippen LogP contribution in [0.25, 0.3) is 0 Å². The quantitative estimate of drug-likeness (QED) is 0.646. The summed E-state index contributed by atoms with van der Waals surface area (Å²) in [7, 11) is 2.02. The Labute approximate surface area is 97.9 Å². The molecular weight excluding hydrogens is 206 g/mol. The molecule has 0 bridgehead atoms. The van der Waals surface area contributed by atoms with Gasteiger partial charge >= 0.3 is 5.97 Å². The zero-order chi connectivity index (χ0) is 11.8. The molecule has 1 aliphatic heterocycles. The van der Waals surface area contributed by atoms with Crippen LogP contribution >= 0.6 is 0 Å². The number of rotatable bonds is 6. The van der Waals surface area contributed by atoms with E-state index in [9.17, 15) is 4.79 Å². The Bertz CT molecular complexity index is 202. The van der Waals surface area contributed by atoms with Gasteiger partial charge in [0.05, 0.1) is 19.1 Å². The molecule has 0 aromatic rings. The first-order chi connectivity index (χ1) is 7.72. The lowest BCUT2D eigenvalue weighted by Crippen LogP contribution is -2.34. The second kappa shape index (κ2) is 7.63. The van der Waals surface area contributed by atoms with E-state index >= 15 is 0 Å². The molecule has 94 valence electrons. The number of ether oxygens (including phenoxy) is 2. The van der Waals surface area contributed by atoms with Gasteiger partial charge in [-0.05, 0) is 33.2 Å². The van der Waals surface area contributed by atoms with Crippen LogP contribution < -0.4 is 0 Å². The lowest BCUT2D eigenvalue weighted by molar-refractivity contribution is -0.143. The van der Waals surface area contributed by atoms with Crippen molar-refractivity contribution in [2.75, 3.05) is 33.4 Å². The lowest BCUT2D eigenvalue weighted by Gasteiger charge is -2.27. The van der Waals surface area contributed by atoms with E-state index in [0.717, 1.165) is 26.1 Å². The highest BCUT2D eigenvalue weighted by Gasteiger charge is 2.16. The van der Waals surface area contributed by atoms with E-state index < -0.39 is 0 Å². The van der Waals surface area contributed by atoms with Crippen molar-refractivity contribution in [1.29, 1.82) is 0 Å². The lowest BCUT2D eigenvalue weighted by atomic mass is 10.1. The van der Waals surface area contributed by atoms with Gasteiger partial charge in [0, 0.05) is 19.7 Å². The minimum atomic E-state index is -0.112. The molecule has 1 rings (SSSR count). The molecule has 0 spiro atoms. The standard InChI is InChI=1S/C12H23NO3/c1-3-15-12(14)7-8-13(2)10-11-6-4-5-9-16-11/h11H,3-10H2,1-2H3. The first-order valence-electron chi connectivity index (χ1n) is 6.18. The van der Waals surface area contributed by atoms with E-state index in [1.807, 2.05) is 14.0 Å². The highest BCUT2D eigenvalue weighted by atomic mass is 16.5. The van der Waals surface area contributed by atoms with Gasteiger partial charge in [-0.3, -0.25) is 4.79 Å². The molecule has 0 saturated carbocycles. The van der Waals surface area contributed by atoms with Crippen molar-refractivity contribution >= 4 is 5.97 Å². The number of esters is 1. The van der Waals surface area contributed by atoms with Crippen LogP contribution in [0.4, 0.5) is 0 Å². The van der Waals surface area contributed by atoms with Crippen molar-refractivity contribution in [3.63, 3.8) is 0 Å². The molecule has 0 aliphatic carbocycles. The van der Waals surface area contributed by atoms with Crippen molar-refractivity contribution in [2.24, 2.45) is 0 Å². The highest BCUT2D eigenvalue weighted by molar-refractivity contribution is 5.69. The Morgan fingerprint density at radius 1 is 1.50 bits per heavy atom. The number of nitrogens with zero attached hydrogens (tertiary/aromatic N) is 1. The van der Waals surface area contributed by atoms with E-state index in [1.54, 1.807) is 0 Å².